The van der Waals surface area contributed by atoms with E-state index in [0.29, 0.717) is 15.4 Å². The Labute approximate surface area is 102 Å². The quantitative estimate of drug-likeness (QED) is 0.879. The lowest BCUT2D eigenvalue weighted by Crippen LogP contribution is -1.80. The first-order valence-corrected chi connectivity index (χ1v) is 5.67. The summed E-state index contributed by atoms with van der Waals surface area (Å²) in [6.45, 7) is 0. The molecule has 2 aromatic rings. The highest BCUT2D eigenvalue weighted by Crippen LogP contribution is 2.34. The highest BCUT2D eigenvalue weighted by atomic mass is 32.2. The number of halogens is 1. The zero-order valence-electron chi connectivity index (χ0n) is 8.72. The summed E-state index contributed by atoms with van der Waals surface area (Å²) in [7, 11) is 0. The summed E-state index contributed by atoms with van der Waals surface area (Å²) in [5.74, 6) is -0.246. The minimum atomic E-state index is -0.328. The number of phenols is 1. The van der Waals surface area contributed by atoms with Crippen LogP contribution in [-0.2, 0) is 0 Å². The first kappa shape index (κ1) is 11.5. The van der Waals surface area contributed by atoms with Crippen molar-refractivity contribution in [2.45, 2.75) is 9.79 Å². The monoisotopic (exact) mass is 245 g/mol. The first-order valence-electron chi connectivity index (χ1n) is 4.85. The molecule has 0 spiro atoms. The van der Waals surface area contributed by atoms with Crippen LogP contribution in [0.4, 0.5) is 4.39 Å². The Morgan fingerprint density at radius 2 is 2.00 bits per heavy atom. The van der Waals surface area contributed by atoms with Crippen molar-refractivity contribution in [3.8, 4) is 11.8 Å². The molecule has 0 bridgehead atoms. The molecule has 17 heavy (non-hydrogen) atoms. The Morgan fingerprint density at radius 3 is 2.71 bits per heavy atom. The lowest BCUT2D eigenvalue weighted by Gasteiger charge is -2.04. The van der Waals surface area contributed by atoms with Crippen LogP contribution in [0, 0.1) is 17.1 Å². The van der Waals surface area contributed by atoms with Crippen molar-refractivity contribution in [3.05, 3.63) is 53.8 Å². The minimum absolute atomic E-state index is 0.0817. The van der Waals surface area contributed by atoms with Crippen LogP contribution in [0.25, 0.3) is 0 Å². The van der Waals surface area contributed by atoms with E-state index in [1.54, 1.807) is 18.2 Å². The van der Waals surface area contributed by atoms with Crippen molar-refractivity contribution in [2.24, 2.45) is 0 Å². The van der Waals surface area contributed by atoms with E-state index >= 15 is 0 Å². The van der Waals surface area contributed by atoms with Gasteiger partial charge in [-0.1, -0.05) is 17.8 Å². The van der Waals surface area contributed by atoms with Crippen LogP contribution in [0.15, 0.2) is 52.3 Å². The first-order chi connectivity index (χ1) is 8.19. The van der Waals surface area contributed by atoms with Crippen LogP contribution in [0.2, 0.25) is 0 Å². The lowest BCUT2D eigenvalue weighted by atomic mass is 10.2. The van der Waals surface area contributed by atoms with Gasteiger partial charge in [-0.25, -0.2) is 4.39 Å². The van der Waals surface area contributed by atoms with E-state index in [2.05, 4.69) is 0 Å². The SMILES string of the molecule is N#Cc1ccc(O)c(Sc2cccc(F)c2)c1. The minimum Gasteiger partial charge on any atom is -0.507 e. The summed E-state index contributed by atoms with van der Waals surface area (Å²) >= 11 is 1.22. The third-order valence-electron chi connectivity index (χ3n) is 2.11. The fraction of sp³-hybridized carbons (Fsp3) is 0. The van der Waals surface area contributed by atoms with Gasteiger partial charge in [-0.05, 0) is 36.4 Å². The van der Waals surface area contributed by atoms with E-state index in [9.17, 15) is 9.50 Å². The molecule has 0 aliphatic heterocycles. The Balaban J connectivity index is 2.33. The molecule has 2 rings (SSSR count). The van der Waals surface area contributed by atoms with Crippen LogP contribution < -0.4 is 0 Å². The molecule has 0 amide bonds. The predicted octanol–water partition coefficient (Wildman–Crippen LogP) is 3.55. The molecule has 0 saturated carbocycles. The van der Waals surface area contributed by atoms with Crippen molar-refractivity contribution < 1.29 is 9.50 Å². The number of nitrogens with zero attached hydrogens (tertiary/aromatic N) is 1. The van der Waals surface area contributed by atoms with Gasteiger partial charge in [0, 0.05) is 4.90 Å². The summed E-state index contributed by atoms with van der Waals surface area (Å²) in [6.07, 6.45) is 0. The zero-order valence-corrected chi connectivity index (χ0v) is 9.54. The Bertz CT molecular complexity index is 592. The number of hydrogen-bond acceptors (Lipinski definition) is 3. The number of nitriles is 1. The van der Waals surface area contributed by atoms with E-state index in [-0.39, 0.29) is 11.6 Å². The predicted molar refractivity (Wildman–Crippen MR) is 63.3 cm³/mol. The lowest BCUT2D eigenvalue weighted by molar-refractivity contribution is 0.462. The topological polar surface area (TPSA) is 44.0 Å². The maximum atomic E-state index is 13.0. The number of phenolic OH excluding ortho intramolecular Hbond substituents is 1. The highest BCUT2D eigenvalue weighted by molar-refractivity contribution is 7.99. The molecule has 4 heteroatoms. The summed E-state index contributed by atoms with van der Waals surface area (Å²) in [6, 6.07) is 12.6. The Morgan fingerprint density at radius 1 is 1.18 bits per heavy atom. The molecule has 0 fully saturated rings. The molecule has 2 nitrogen and oxygen atoms in total. The normalized spacial score (nSPS) is 9.88. The summed E-state index contributed by atoms with van der Waals surface area (Å²) < 4.78 is 13.0. The van der Waals surface area contributed by atoms with Gasteiger partial charge in [0.25, 0.3) is 0 Å². The molecule has 0 unspecified atom stereocenters. The number of rotatable bonds is 2. The molecule has 0 heterocycles. The fourth-order valence-electron chi connectivity index (χ4n) is 1.32. The van der Waals surface area contributed by atoms with Gasteiger partial charge in [0.1, 0.15) is 11.6 Å². The maximum absolute atomic E-state index is 13.0. The van der Waals surface area contributed by atoms with Gasteiger partial charge >= 0.3 is 0 Å². The smallest absolute Gasteiger partial charge is 0.129 e. The summed E-state index contributed by atoms with van der Waals surface area (Å²) in [5.41, 5.74) is 0.460. The van der Waals surface area contributed by atoms with Gasteiger partial charge in [-0.3, -0.25) is 0 Å². The number of hydrogen-bond donors (Lipinski definition) is 1. The van der Waals surface area contributed by atoms with E-state index in [4.69, 9.17) is 5.26 Å². The molecule has 0 aliphatic rings. The molecule has 2 aromatic carbocycles. The van der Waals surface area contributed by atoms with Crippen LogP contribution in [-0.4, -0.2) is 5.11 Å². The second-order valence-electron chi connectivity index (χ2n) is 3.35. The summed E-state index contributed by atoms with van der Waals surface area (Å²) in [5, 5.41) is 18.4. The van der Waals surface area contributed by atoms with E-state index in [1.807, 2.05) is 6.07 Å². The van der Waals surface area contributed by atoms with E-state index in [1.165, 1.54) is 36.0 Å². The third-order valence-corrected chi connectivity index (χ3v) is 3.15. The van der Waals surface area contributed by atoms with Crippen LogP contribution in [0.3, 0.4) is 0 Å². The average Bonchev–Trinajstić information content (AvgIpc) is 2.32. The molecule has 0 saturated heterocycles. The molecule has 0 aliphatic carbocycles. The molecule has 0 atom stereocenters. The second-order valence-corrected chi connectivity index (χ2v) is 4.47. The standard InChI is InChI=1S/C13H8FNOS/c14-10-2-1-3-11(7-10)17-13-6-9(8-15)4-5-12(13)16/h1-7,16H. The molecule has 0 aromatic heterocycles. The van der Waals surface area contributed by atoms with Crippen molar-refractivity contribution in [1.82, 2.24) is 0 Å². The number of aromatic hydroxyl groups is 1. The van der Waals surface area contributed by atoms with Gasteiger partial charge in [0.15, 0.2) is 0 Å². The zero-order chi connectivity index (χ0) is 12.3. The molecule has 1 N–H and O–H groups in total. The molecule has 84 valence electrons. The molecular formula is C13H8FNOS. The van der Waals surface area contributed by atoms with Gasteiger partial charge in [-0.15, -0.1) is 0 Å². The molecular weight excluding hydrogens is 237 g/mol. The van der Waals surface area contributed by atoms with Crippen LogP contribution >= 0.6 is 11.8 Å². The third kappa shape index (κ3) is 2.77. The Kier molecular flexibility index (Phi) is 3.31. The second kappa shape index (κ2) is 4.89. The Hall–Kier alpha value is -1.99. The van der Waals surface area contributed by atoms with Crippen molar-refractivity contribution in [3.63, 3.8) is 0 Å². The average molecular weight is 245 g/mol. The van der Waals surface area contributed by atoms with Crippen LogP contribution in [0.1, 0.15) is 5.56 Å². The fourth-order valence-corrected chi connectivity index (χ4v) is 2.25. The van der Waals surface area contributed by atoms with Gasteiger partial charge in [0.2, 0.25) is 0 Å². The maximum Gasteiger partial charge on any atom is 0.129 e. The van der Waals surface area contributed by atoms with Gasteiger partial charge in [-0.2, -0.15) is 5.26 Å². The van der Waals surface area contributed by atoms with Crippen molar-refractivity contribution >= 4 is 11.8 Å². The van der Waals surface area contributed by atoms with Crippen molar-refractivity contribution in [2.75, 3.05) is 0 Å². The highest BCUT2D eigenvalue weighted by Gasteiger charge is 2.05. The number of benzene rings is 2. The van der Waals surface area contributed by atoms with Crippen molar-refractivity contribution in [1.29, 1.82) is 5.26 Å². The largest absolute Gasteiger partial charge is 0.507 e. The summed E-state index contributed by atoms with van der Waals surface area (Å²) in [4.78, 5) is 1.21. The van der Waals surface area contributed by atoms with Gasteiger partial charge < -0.3 is 5.11 Å². The van der Waals surface area contributed by atoms with E-state index in [0.717, 1.165) is 0 Å². The van der Waals surface area contributed by atoms with E-state index < -0.39 is 0 Å². The van der Waals surface area contributed by atoms with Crippen LogP contribution in [0.5, 0.6) is 5.75 Å². The van der Waals surface area contributed by atoms with Gasteiger partial charge in [0.05, 0.1) is 16.5 Å². The molecule has 0 radical (unpaired) electrons.